The summed E-state index contributed by atoms with van der Waals surface area (Å²) in [5.41, 5.74) is 2.93. The zero-order chi connectivity index (χ0) is 42.5. The second-order valence-corrected chi connectivity index (χ2v) is 23.9. The molecule has 0 aliphatic carbocycles. The van der Waals surface area contributed by atoms with Gasteiger partial charge in [-0.2, -0.15) is 0 Å². The molecule has 0 radical (unpaired) electrons. The fourth-order valence-corrected chi connectivity index (χ4v) is 11.1. The summed E-state index contributed by atoms with van der Waals surface area (Å²) in [6.07, 6.45) is 3.33. The minimum absolute atomic E-state index is 0.0881. The molecule has 4 aromatic rings. The number of hydrogen-bond donors (Lipinski definition) is 2. The number of esters is 2. The standard InChI is InChI=1S/C48H58O6S4/c1-45(2,3)27-19-31-41(51)33(21-27)56-35-23-29(47(7,8)9)25-37-43(35)53-39(49)17-15-13-14-16-18-40(50)54-44-36(24-30(48(10,11)12)26-38(44)58-37)57-34-22-28(46(4,5)6)20-32(55-31)42(34)52/h19-26,51-52H,13-18H2,1-12H3. The Morgan fingerprint density at radius 1 is 0.397 bits per heavy atom. The lowest BCUT2D eigenvalue weighted by molar-refractivity contribution is -0.136. The highest BCUT2D eigenvalue weighted by Gasteiger charge is 2.31. The molecule has 0 aromatic heterocycles. The maximum absolute atomic E-state index is 13.8. The molecule has 0 saturated heterocycles. The van der Waals surface area contributed by atoms with Gasteiger partial charge in [-0.25, -0.2) is 0 Å². The molecule has 6 rings (SSSR count). The SMILES string of the molecule is CC(C)(C)c1cc2c(O)c(c1)Sc1cc(C(C)(C)C)cc3c1OC(=O)CCCCCCC(=O)Oc1c(cc(C(C)(C)C)cc1S3)Sc1cc(C(C)(C)C)cc(c1O)S2. The third kappa shape index (κ3) is 10.2. The maximum Gasteiger partial charge on any atom is 0.311 e. The maximum atomic E-state index is 13.8. The second kappa shape index (κ2) is 16.7. The van der Waals surface area contributed by atoms with E-state index >= 15 is 0 Å². The Bertz CT molecular complexity index is 2090. The molecule has 0 unspecified atom stereocenters. The van der Waals surface area contributed by atoms with Crippen molar-refractivity contribution in [1.82, 2.24) is 0 Å². The summed E-state index contributed by atoms with van der Waals surface area (Å²) in [7, 11) is 0. The molecule has 10 heteroatoms. The van der Waals surface area contributed by atoms with Gasteiger partial charge in [0.15, 0.2) is 11.5 Å². The van der Waals surface area contributed by atoms with Crippen molar-refractivity contribution in [3.63, 3.8) is 0 Å². The molecule has 0 atom stereocenters. The molecule has 10 bridgehead atoms. The Kier molecular flexibility index (Phi) is 12.8. The van der Waals surface area contributed by atoms with Crippen molar-refractivity contribution in [1.29, 1.82) is 0 Å². The van der Waals surface area contributed by atoms with Gasteiger partial charge in [0.1, 0.15) is 11.5 Å². The first-order chi connectivity index (χ1) is 26.9. The minimum Gasteiger partial charge on any atom is -0.506 e. The van der Waals surface area contributed by atoms with E-state index < -0.39 is 0 Å². The number of rotatable bonds is 0. The number of ether oxygens (including phenoxy) is 2. The van der Waals surface area contributed by atoms with Gasteiger partial charge in [-0.3, -0.25) is 9.59 Å². The van der Waals surface area contributed by atoms with Crippen molar-refractivity contribution in [2.24, 2.45) is 0 Å². The van der Waals surface area contributed by atoms with Crippen molar-refractivity contribution >= 4 is 59.0 Å². The van der Waals surface area contributed by atoms with E-state index in [4.69, 9.17) is 9.47 Å². The normalized spacial score (nSPS) is 16.1. The minimum atomic E-state index is -0.323. The van der Waals surface area contributed by atoms with E-state index in [2.05, 4.69) is 107 Å². The monoisotopic (exact) mass is 858 g/mol. The summed E-state index contributed by atoms with van der Waals surface area (Å²) in [4.78, 5) is 32.8. The summed E-state index contributed by atoms with van der Waals surface area (Å²) in [5, 5.41) is 24.4. The van der Waals surface area contributed by atoms with Gasteiger partial charge >= 0.3 is 11.9 Å². The van der Waals surface area contributed by atoms with E-state index in [-0.39, 0.29) is 57.9 Å². The average molecular weight is 859 g/mol. The molecule has 2 aliphatic heterocycles. The van der Waals surface area contributed by atoms with Crippen LogP contribution in [0.5, 0.6) is 23.0 Å². The molecule has 2 N–H and O–H groups in total. The summed E-state index contributed by atoms with van der Waals surface area (Å²) in [5.74, 6) is 0.354. The zero-order valence-electron chi connectivity index (χ0n) is 36.0. The van der Waals surface area contributed by atoms with E-state index in [1.165, 1.54) is 47.0 Å². The largest absolute Gasteiger partial charge is 0.506 e. The van der Waals surface area contributed by atoms with Crippen LogP contribution in [0.3, 0.4) is 0 Å². The number of carbonyl (C=O) groups is 2. The zero-order valence-corrected chi connectivity index (χ0v) is 39.3. The first-order valence-electron chi connectivity index (χ1n) is 20.1. The van der Waals surface area contributed by atoms with Gasteiger partial charge in [-0.05, 0) is 105 Å². The molecule has 310 valence electrons. The number of phenols is 2. The smallest absolute Gasteiger partial charge is 0.311 e. The van der Waals surface area contributed by atoms with Crippen LogP contribution in [0.4, 0.5) is 0 Å². The Morgan fingerprint density at radius 3 is 0.879 bits per heavy atom. The van der Waals surface area contributed by atoms with Crippen LogP contribution in [0.25, 0.3) is 0 Å². The molecule has 58 heavy (non-hydrogen) atoms. The first kappa shape index (κ1) is 44.4. The van der Waals surface area contributed by atoms with Gasteiger partial charge in [-0.15, -0.1) is 0 Å². The summed E-state index contributed by atoms with van der Waals surface area (Å²) >= 11 is 5.49. The van der Waals surface area contributed by atoms with Crippen LogP contribution >= 0.6 is 47.0 Å². The molecule has 0 amide bonds. The lowest BCUT2D eigenvalue weighted by Gasteiger charge is -2.27. The molecule has 0 saturated carbocycles. The lowest BCUT2D eigenvalue weighted by Crippen LogP contribution is -2.14. The summed E-state index contributed by atoms with van der Waals surface area (Å²) < 4.78 is 12.9. The molecular formula is C48H58O6S4. The summed E-state index contributed by atoms with van der Waals surface area (Å²) in [6, 6.07) is 16.4. The Labute approximate surface area is 362 Å². The average Bonchev–Trinajstić information content (AvgIpc) is 3.09. The Morgan fingerprint density at radius 2 is 0.621 bits per heavy atom. The van der Waals surface area contributed by atoms with E-state index in [0.717, 1.165) is 35.1 Å². The summed E-state index contributed by atoms with van der Waals surface area (Å²) in [6.45, 7) is 25.8. The van der Waals surface area contributed by atoms with Gasteiger partial charge < -0.3 is 19.7 Å². The Balaban J connectivity index is 1.77. The van der Waals surface area contributed by atoms with Crippen LogP contribution in [0, 0.1) is 0 Å². The fraction of sp³-hybridized carbons (Fsp3) is 0.458. The van der Waals surface area contributed by atoms with E-state index in [0.29, 0.717) is 63.5 Å². The lowest BCUT2D eigenvalue weighted by atomic mass is 9.87. The quantitative estimate of drug-likeness (QED) is 0.116. The molecule has 2 aliphatic rings. The van der Waals surface area contributed by atoms with Crippen LogP contribution < -0.4 is 9.47 Å². The number of hydrogen-bond acceptors (Lipinski definition) is 10. The number of aromatic hydroxyl groups is 2. The third-order valence-electron chi connectivity index (χ3n) is 10.4. The Hall–Kier alpha value is -3.18. The number of carbonyl (C=O) groups excluding carboxylic acids is 2. The third-order valence-corrected chi connectivity index (χ3v) is 14.6. The van der Waals surface area contributed by atoms with Crippen molar-refractivity contribution in [3.05, 3.63) is 70.8 Å². The molecule has 4 aromatic carbocycles. The molecule has 0 fully saturated rings. The van der Waals surface area contributed by atoms with Gasteiger partial charge in [0, 0.05) is 12.8 Å². The number of fused-ring (bicyclic) bond motifs is 4. The topological polar surface area (TPSA) is 93.1 Å². The van der Waals surface area contributed by atoms with Crippen LogP contribution in [0.15, 0.2) is 87.7 Å². The molecule has 6 nitrogen and oxygen atoms in total. The highest BCUT2D eigenvalue weighted by Crippen LogP contribution is 2.56. The van der Waals surface area contributed by atoms with Crippen LogP contribution in [0.1, 0.15) is 144 Å². The van der Waals surface area contributed by atoms with Gasteiger partial charge in [0.25, 0.3) is 0 Å². The van der Waals surface area contributed by atoms with Crippen LogP contribution in [-0.2, 0) is 31.2 Å². The van der Waals surface area contributed by atoms with Crippen molar-refractivity contribution in [3.8, 4) is 23.0 Å². The number of benzene rings is 4. The predicted molar refractivity (Wildman–Crippen MR) is 239 cm³/mol. The van der Waals surface area contributed by atoms with Gasteiger partial charge in [-0.1, -0.05) is 143 Å². The second-order valence-electron chi connectivity index (χ2n) is 19.5. The van der Waals surface area contributed by atoms with Crippen LogP contribution in [0.2, 0.25) is 0 Å². The molecule has 2 heterocycles. The first-order valence-corrected chi connectivity index (χ1v) is 23.4. The van der Waals surface area contributed by atoms with Crippen molar-refractivity contribution in [2.45, 2.75) is 182 Å². The van der Waals surface area contributed by atoms with Crippen LogP contribution in [-0.4, -0.2) is 22.2 Å². The van der Waals surface area contributed by atoms with Crippen molar-refractivity contribution in [2.75, 3.05) is 0 Å². The highest BCUT2D eigenvalue weighted by molar-refractivity contribution is 8.01. The van der Waals surface area contributed by atoms with E-state index in [1.807, 2.05) is 24.3 Å². The highest BCUT2D eigenvalue weighted by atomic mass is 32.2. The number of phenolic OH excluding ortho intramolecular Hbond substituents is 2. The predicted octanol–water partition coefficient (Wildman–Crippen LogP) is 14.4. The molecular weight excluding hydrogens is 801 g/mol. The molecule has 0 spiro atoms. The van der Waals surface area contributed by atoms with E-state index in [1.54, 1.807) is 0 Å². The van der Waals surface area contributed by atoms with Gasteiger partial charge in [0.2, 0.25) is 0 Å². The fourth-order valence-electron chi connectivity index (χ4n) is 6.56. The van der Waals surface area contributed by atoms with Crippen molar-refractivity contribution < 1.29 is 29.3 Å². The van der Waals surface area contributed by atoms with Gasteiger partial charge in [0.05, 0.1) is 39.2 Å². The van der Waals surface area contributed by atoms with E-state index in [9.17, 15) is 19.8 Å².